The predicted octanol–water partition coefficient (Wildman–Crippen LogP) is 3.52. The third-order valence-electron chi connectivity index (χ3n) is 5.60. The van der Waals surface area contributed by atoms with Crippen LogP contribution in [0.25, 0.3) is 11.5 Å². The first-order valence-corrected chi connectivity index (χ1v) is 10.3. The molecule has 3 aromatic rings. The minimum absolute atomic E-state index is 0.108. The number of hydrogen-bond acceptors (Lipinski definition) is 7. The second-order valence-corrected chi connectivity index (χ2v) is 7.60. The molecule has 5 rings (SSSR count). The van der Waals surface area contributed by atoms with E-state index >= 15 is 0 Å². The van der Waals surface area contributed by atoms with E-state index in [1.807, 2.05) is 24.3 Å². The average Bonchev–Trinajstić information content (AvgIpc) is 3.56. The van der Waals surface area contributed by atoms with Gasteiger partial charge >= 0.3 is 0 Å². The molecule has 0 spiro atoms. The molecule has 1 amide bonds. The van der Waals surface area contributed by atoms with Crippen LogP contribution in [-0.4, -0.2) is 53.4 Å². The Balaban J connectivity index is 1.29. The van der Waals surface area contributed by atoms with E-state index in [2.05, 4.69) is 10.1 Å². The first kappa shape index (κ1) is 18.9. The van der Waals surface area contributed by atoms with Gasteiger partial charge in [0.1, 0.15) is 11.9 Å². The van der Waals surface area contributed by atoms with Gasteiger partial charge in [-0.3, -0.25) is 4.79 Å². The summed E-state index contributed by atoms with van der Waals surface area (Å²) in [4.78, 5) is 18.9. The molecule has 2 aliphatic heterocycles. The van der Waals surface area contributed by atoms with Crippen molar-refractivity contribution in [2.45, 2.75) is 31.3 Å². The largest absolute Gasteiger partial charge is 0.488 e. The number of hydrogen-bond donors (Lipinski definition) is 0. The summed E-state index contributed by atoms with van der Waals surface area (Å²) in [5.74, 6) is 2.35. The Hall–Kier alpha value is -3.13. The summed E-state index contributed by atoms with van der Waals surface area (Å²) >= 11 is 0. The van der Waals surface area contributed by atoms with Crippen LogP contribution in [0.5, 0.6) is 5.75 Å². The van der Waals surface area contributed by atoms with Crippen LogP contribution >= 0.6 is 0 Å². The quantitative estimate of drug-likeness (QED) is 0.637. The molecule has 0 bridgehead atoms. The summed E-state index contributed by atoms with van der Waals surface area (Å²) in [6, 6.07) is 11.0. The Morgan fingerprint density at radius 3 is 2.80 bits per heavy atom. The van der Waals surface area contributed by atoms with Crippen molar-refractivity contribution in [1.29, 1.82) is 0 Å². The standard InChI is InChI=1S/C22H23N3O5/c26-22(19-6-3-11-28-19)25-10-7-16(14-25)29-18-5-2-1-4-17(18)21-23-20(24-30-21)15-8-12-27-13-9-15/h1-6,11,15-16H,7-10,12-14H2. The number of likely N-dealkylation sites (tertiary alicyclic amines) is 1. The zero-order valence-electron chi connectivity index (χ0n) is 16.5. The van der Waals surface area contributed by atoms with Gasteiger partial charge in [-0.2, -0.15) is 4.98 Å². The average molecular weight is 409 g/mol. The molecule has 4 heterocycles. The molecule has 1 aromatic carbocycles. The highest BCUT2D eigenvalue weighted by atomic mass is 16.5. The van der Waals surface area contributed by atoms with Crippen LogP contribution in [0.3, 0.4) is 0 Å². The Morgan fingerprint density at radius 1 is 1.10 bits per heavy atom. The Morgan fingerprint density at radius 2 is 1.97 bits per heavy atom. The molecule has 1 unspecified atom stereocenters. The maximum Gasteiger partial charge on any atom is 0.289 e. The van der Waals surface area contributed by atoms with E-state index in [1.165, 1.54) is 6.26 Å². The van der Waals surface area contributed by atoms with Gasteiger partial charge in [0.2, 0.25) is 0 Å². The number of carbonyl (C=O) groups is 1. The number of rotatable bonds is 5. The summed E-state index contributed by atoms with van der Waals surface area (Å²) in [5.41, 5.74) is 0.763. The van der Waals surface area contributed by atoms with Crippen molar-refractivity contribution in [1.82, 2.24) is 15.0 Å². The fraction of sp³-hybridized carbons (Fsp3) is 0.409. The normalized spacial score (nSPS) is 19.9. The number of aromatic nitrogens is 2. The second kappa shape index (κ2) is 8.31. The Bertz CT molecular complexity index is 994. The monoisotopic (exact) mass is 409 g/mol. The molecular weight excluding hydrogens is 386 g/mol. The zero-order valence-corrected chi connectivity index (χ0v) is 16.5. The van der Waals surface area contributed by atoms with Gasteiger partial charge in [-0.05, 0) is 37.1 Å². The van der Waals surface area contributed by atoms with E-state index in [0.717, 1.165) is 43.9 Å². The van der Waals surface area contributed by atoms with Crippen molar-refractivity contribution in [3.05, 3.63) is 54.2 Å². The van der Waals surface area contributed by atoms with Gasteiger partial charge in [0.15, 0.2) is 11.6 Å². The SMILES string of the molecule is O=C(c1ccco1)N1CCC(Oc2ccccc2-c2nc(C3CCOCC3)no2)C1. The van der Waals surface area contributed by atoms with Crippen LogP contribution in [0.4, 0.5) is 0 Å². The van der Waals surface area contributed by atoms with E-state index < -0.39 is 0 Å². The van der Waals surface area contributed by atoms with Gasteiger partial charge in [0.05, 0.1) is 18.4 Å². The number of benzene rings is 1. The lowest BCUT2D eigenvalue weighted by Gasteiger charge is -2.18. The van der Waals surface area contributed by atoms with Gasteiger partial charge in [0.25, 0.3) is 11.8 Å². The molecule has 2 aliphatic rings. The maximum atomic E-state index is 12.5. The molecule has 2 saturated heterocycles. The van der Waals surface area contributed by atoms with Gasteiger partial charge in [-0.15, -0.1) is 0 Å². The number of nitrogens with zero attached hydrogens (tertiary/aromatic N) is 3. The molecule has 2 aromatic heterocycles. The fourth-order valence-corrected chi connectivity index (χ4v) is 3.96. The molecule has 0 aliphatic carbocycles. The lowest BCUT2D eigenvalue weighted by atomic mass is 10.00. The van der Waals surface area contributed by atoms with Crippen LogP contribution in [0, 0.1) is 0 Å². The molecule has 8 heteroatoms. The van der Waals surface area contributed by atoms with Crippen LogP contribution in [-0.2, 0) is 4.74 Å². The molecule has 0 saturated carbocycles. The van der Waals surface area contributed by atoms with Gasteiger partial charge in [-0.25, -0.2) is 0 Å². The van der Waals surface area contributed by atoms with Crippen LogP contribution in [0.15, 0.2) is 51.6 Å². The number of para-hydroxylation sites is 1. The lowest BCUT2D eigenvalue weighted by molar-refractivity contribution is 0.0741. The predicted molar refractivity (Wildman–Crippen MR) is 106 cm³/mol. The van der Waals surface area contributed by atoms with E-state index in [-0.39, 0.29) is 17.9 Å². The van der Waals surface area contributed by atoms with Crippen molar-refractivity contribution in [2.24, 2.45) is 0 Å². The molecule has 156 valence electrons. The highest BCUT2D eigenvalue weighted by Gasteiger charge is 2.30. The van der Waals surface area contributed by atoms with E-state index in [0.29, 0.717) is 30.5 Å². The van der Waals surface area contributed by atoms with Gasteiger partial charge < -0.3 is 23.3 Å². The minimum atomic E-state index is -0.114. The maximum absolute atomic E-state index is 12.5. The van der Waals surface area contributed by atoms with Crippen LogP contribution < -0.4 is 4.74 Å². The van der Waals surface area contributed by atoms with Crippen molar-refractivity contribution in [2.75, 3.05) is 26.3 Å². The highest BCUT2D eigenvalue weighted by molar-refractivity contribution is 5.91. The smallest absolute Gasteiger partial charge is 0.289 e. The molecule has 30 heavy (non-hydrogen) atoms. The summed E-state index contributed by atoms with van der Waals surface area (Å²) in [6.45, 7) is 2.58. The van der Waals surface area contributed by atoms with E-state index in [4.69, 9.17) is 18.4 Å². The van der Waals surface area contributed by atoms with Crippen molar-refractivity contribution >= 4 is 5.91 Å². The zero-order chi connectivity index (χ0) is 20.3. The molecule has 0 radical (unpaired) electrons. The molecular formula is C22H23N3O5. The van der Waals surface area contributed by atoms with E-state index in [9.17, 15) is 4.79 Å². The molecule has 1 atom stereocenters. The van der Waals surface area contributed by atoms with Crippen LogP contribution in [0.1, 0.15) is 41.6 Å². The number of furan rings is 1. The van der Waals surface area contributed by atoms with Gasteiger partial charge in [-0.1, -0.05) is 17.3 Å². The number of ether oxygens (including phenoxy) is 2. The van der Waals surface area contributed by atoms with Crippen molar-refractivity contribution in [3.8, 4) is 17.2 Å². The van der Waals surface area contributed by atoms with Crippen molar-refractivity contribution in [3.63, 3.8) is 0 Å². The Kier molecular flexibility index (Phi) is 5.23. The third kappa shape index (κ3) is 3.82. The summed E-state index contributed by atoms with van der Waals surface area (Å²) in [6.07, 6.45) is 3.95. The molecule has 0 N–H and O–H groups in total. The van der Waals surface area contributed by atoms with E-state index in [1.54, 1.807) is 17.0 Å². The minimum Gasteiger partial charge on any atom is -0.488 e. The molecule has 8 nitrogen and oxygen atoms in total. The number of carbonyl (C=O) groups excluding carboxylic acids is 1. The topological polar surface area (TPSA) is 90.8 Å². The van der Waals surface area contributed by atoms with Gasteiger partial charge in [0, 0.05) is 32.1 Å². The molecule has 2 fully saturated rings. The first-order chi connectivity index (χ1) is 14.8. The number of amides is 1. The second-order valence-electron chi connectivity index (χ2n) is 7.60. The third-order valence-corrected chi connectivity index (χ3v) is 5.60. The summed E-state index contributed by atoms with van der Waals surface area (Å²) in [7, 11) is 0. The summed E-state index contributed by atoms with van der Waals surface area (Å²) < 4.78 is 22.4. The van der Waals surface area contributed by atoms with Crippen LogP contribution in [0.2, 0.25) is 0 Å². The first-order valence-electron chi connectivity index (χ1n) is 10.3. The summed E-state index contributed by atoms with van der Waals surface area (Å²) in [5, 5.41) is 4.19. The van der Waals surface area contributed by atoms with Crippen molar-refractivity contribution < 1.29 is 23.2 Å². The Labute approximate surface area is 173 Å². The highest BCUT2D eigenvalue weighted by Crippen LogP contribution is 2.33. The lowest BCUT2D eigenvalue weighted by Crippen LogP contribution is -2.30. The fourth-order valence-electron chi connectivity index (χ4n) is 3.96.